The molecule has 2 atom stereocenters. The molecule has 3 rings (SSSR count). The van der Waals surface area contributed by atoms with Gasteiger partial charge in [-0.3, -0.25) is 9.59 Å². The van der Waals surface area contributed by atoms with Crippen molar-refractivity contribution in [3.05, 3.63) is 35.9 Å². The van der Waals surface area contributed by atoms with E-state index in [0.29, 0.717) is 25.8 Å². The lowest BCUT2D eigenvalue weighted by atomic mass is 10.1. The van der Waals surface area contributed by atoms with E-state index in [1.54, 1.807) is 4.90 Å². The number of benzene rings is 1. The van der Waals surface area contributed by atoms with Gasteiger partial charge in [0.2, 0.25) is 11.8 Å². The Morgan fingerprint density at radius 2 is 1.85 bits per heavy atom. The number of carbonyl (C=O) groups is 2. The molecule has 2 amide bonds. The van der Waals surface area contributed by atoms with Gasteiger partial charge >= 0.3 is 0 Å². The lowest BCUT2D eigenvalue weighted by Crippen LogP contribution is -2.50. The standard InChI is InChI=1S/C18H25N3O4S/c22-17(7-6-14-4-2-1-3-5-14)20-15-12-16(19-13-15)18(23)21-8-10-26(24,25)11-9-21/h1-5,15-16,19H,6-13H2,(H,20,22)/t15-,16+/m1/s1. The summed E-state index contributed by atoms with van der Waals surface area (Å²) in [6, 6.07) is 9.43. The number of amides is 2. The zero-order valence-electron chi connectivity index (χ0n) is 14.7. The minimum atomic E-state index is -3.00. The lowest BCUT2D eigenvalue weighted by molar-refractivity contribution is -0.133. The maximum Gasteiger partial charge on any atom is 0.239 e. The fourth-order valence-corrected chi connectivity index (χ4v) is 4.59. The van der Waals surface area contributed by atoms with Crippen LogP contribution in [0.2, 0.25) is 0 Å². The molecule has 0 aromatic heterocycles. The number of rotatable bonds is 5. The number of nitrogens with zero attached hydrogens (tertiary/aromatic N) is 1. The number of sulfone groups is 1. The first-order chi connectivity index (χ1) is 12.4. The van der Waals surface area contributed by atoms with E-state index in [-0.39, 0.29) is 48.5 Å². The summed E-state index contributed by atoms with van der Waals surface area (Å²) in [5.41, 5.74) is 1.13. The Kier molecular flexibility index (Phi) is 5.93. The second-order valence-corrected chi connectivity index (χ2v) is 9.23. The molecule has 2 heterocycles. The Morgan fingerprint density at radius 3 is 2.54 bits per heavy atom. The highest BCUT2D eigenvalue weighted by Crippen LogP contribution is 2.13. The van der Waals surface area contributed by atoms with Crippen LogP contribution in [0.1, 0.15) is 18.4 Å². The Morgan fingerprint density at radius 1 is 1.15 bits per heavy atom. The minimum Gasteiger partial charge on any atom is -0.352 e. The van der Waals surface area contributed by atoms with Gasteiger partial charge in [-0.15, -0.1) is 0 Å². The van der Waals surface area contributed by atoms with Gasteiger partial charge in [-0.05, 0) is 18.4 Å². The normalized spacial score (nSPS) is 25.0. The monoisotopic (exact) mass is 379 g/mol. The van der Waals surface area contributed by atoms with Crippen LogP contribution in [0, 0.1) is 0 Å². The minimum absolute atomic E-state index is 0.0159. The fourth-order valence-electron chi connectivity index (χ4n) is 3.39. The van der Waals surface area contributed by atoms with Crippen LogP contribution in [0.25, 0.3) is 0 Å². The second kappa shape index (κ2) is 8.18. The molecule has 7 nitrogen and oxygen atoms in total. The van der Waals surface area contributed by atoms with Crippen molar-refractivity contribution in [1.29, 1.82) is 0 Å². The Labute approximate surface area is 154 Å². The molecule has 2 aliphatic rings. The summed E-state index contributed by atoms with van der Waals surface area (Å²) >= 11 is 0. The van der Waals surface area contributed by atoms with E-state index in [1.165, 1.54) is 0 Å². The van der Waals surface area contributed by atoms with Crippen LogP contribution in [0.3, 0.4) is 0 Å². The van der Waals surface area contributed by atoms with Crippen molar-refractivity contribution in [1.82, 2.24) is 15.5 Å². The molecule has 1 aromatic carbocycles. The van der Waals surface area contributed by atoms with Crippen molar-refractivity contribution in [3.63, 3.8) is 0 Å². The summed E-state index contributed by atoms with van der Waals surface area (Å²) < 4.78 is 23.0. The summed E-state index contributed by atoms with van der Waals surface area (Å²) in [5.74, 6) is -0.0188. The largest absolute Gasteiger partial charge is 0.352 e. The first-order valence-electron chi connectivity index (χ1n) is 8.99. The van der Waals surface area contributed by atoms with Crippen molar-refractivity contribution in [2.24, 2.45) is 0 Å². The molecule has 0 radical (unpaired) electrons. The second-order valence-electron chi connectivity index (χ2n) is 6.92. The molecule has 0 spiro atoms. The summed E-state index contributed by atoms with van der Waals surface area (Å²) in [7, 11) is -3.00. The molecule has 2 saturated heterocycles. The fraction of sp³-hybridized carbons (Fsp3) is 0.556. The van der Waals surface area contributed by atoms with Crippen LogP contribution >= 0.6 is 0 Å². The van der Waals surface area contributed by atoms with Crippen molar-refractivity contribution in [2.75, 3.05) is 31.1 Å². The van der Waals surface area contributed by atoms with Gasteiger partial charge in [0, 0.05) is 32.1 Å². The Hall–Kier alpha value is -1.93. The maximum atomic E-state index is 12.5. The van der Waals surface area contributed by atoms with Crippen LogP contribution in [-0.2, 0) is 25.8 Å². The highest BCUT2D eigenvalue weighted by Gasteiger charge is 2.35. The molecule has 0 unspecified atom stereocenters. The average Bonchev–Trinajstić information content (AvgIpc) is 3.09. The molecule has 2 aliphatic heterocycles. The SMILES string of the molecule is O=C(CCc1ccccc1)N[C@H]1CN[C@H](C(=O)N2CCS(=O)(=O)CC2)C1. The Balaban J connectivity index is 1.42. The zero-order valence-corrected chi connectivity index (χ0v) is 15.5. The molecule has 0 bridgehead atoms. The van der Waals surface area contributed by atoms with Crippen molar-refractivity contribution in [3.8, 4) is 0 Å². The van der Waals surface area contributed by atoms with Crippen molar-refractivity contribution >= 4 is 21.7 Å². The zero-order chi connectivity index (χ0) is 18.6. The third kappa shape index (κ3) is 5.04. The van der Waals surface area contributed by atoms with Gasteiger partial charge < -0.3 is 15.5 Å². The third-order valence-corrected chi connectivity index (χ3v) is 6.54. The number of carbonyl (C=O) groups excluding carboxylic acids is 2. The first-order valence-corrected chi connectivity index (χ1v) is 10.8. The quantitative estimate of drug-likeness (QED) is 0.734. The van der Waals surface area contributed by atoms with Gasteiger partial charge in [-0.25, -0.2) is 8.42 Å². The highest BCUT2D eigenvalue weighted by molar-refractivity contribution is 7.91. The summed E-state index contributed by atoms with van der Waals surface area (Å²) in [6.07, 6.45) is 1.65. The molecular formula is C18H25N3O4S. The topological polar surface area (TPSA) is 95.6 Å². The van der Waals surface area contributed by atoms with E-state index in [4.69, 9.17) is 0 Å². The molecule has 2 fully saturated rings. The predicted molar refractivity (Wildman–Crippen MR) is 98.3 cm³/mol. The highest BCUT2D eigenvalue weighted by atomic mass is 32.2. The van der Waals surface area contributed by atoms with Gasteiger partial charge in [-0.2, -0.15) is 0 Å². The van der Waals surface area contributed by atoms with E-state index in [0.717, 1.165) is 5.56 Å². The first kappa shape index (κ1) is 18.8. The van der Waals surface area contributed by atoms with Crippen molar-refractivity contribution in [2.45, 2.75) is 31.3 Å². The maximum absolute atomic E-state index is 12.5. The predicted octanol–water partition coefficient (Wildman–Crippen LogP) is -0.277. The van der Waals surface area contributed by atoms with Crippen LogP contribution in [0.4, 0.5) is 0 Å². The van der Waals surface area contributed by atoms with Crippen LogP contribution < -0.4 is 10.6 Å². The molecule has 26 heavy (non-hydrogen) atoms. The number of hydrogen-bond donors (Lipinski definition) is 2. The molecule has 0 aliphatic carbocycles. The van der Waals surface area contributed by atoms with Gasteiger partial charge in [0.1, 0.15) is 0 Å². The van der Waals surface area contributed by atoms with Gasteiger partial charge in [0.05, 0.1) is 17.5 Å². The molecule has 1 aromatic rings. The number of aryl methyl sites for hydroxylation is 1. The molecule has 142 valence electrons. The van der Waals surface area contributed by atoms with Crippen LogP contribution in [0.15, 0.2) is 30.3 Å². The molecule has 2 N–H and O–H groups in total. The number of hydrogen-bond acceptors (Lipinski definition) is 5. The van der Waals surface area contributed by atoms with Crippen LogP contribution in [-0.4, -0.2) is 68.4 Å². The summed E-state index contributed by atoms with van der Waals surface area (Å²) in [5, 5.41) is 6.13. The van der Waals surface area contributed by atoms with Crippen molar-refractivity contribution < 1.29 is 18.0 Å². The van der Waals surface area contributed by atoms with Gasteiger partial charge in [0.15, 0.2) is 9.84 Å². The van der Waals surface area contributed by atoms with E-state index >= 15 is 0 Å². The third-order valence-electron chi connectivity index (χ3n) is 4.93. The Bertz CT molecular complexity index is 737. The molecular weight excluding hydrogens is 354 g/mol. The summed E-state index contributed by atoms with van der Waals surface area (Å²) in [6.45, 7) is 1.07. The molecule has 0 saturated carbocycles. The van der Waals surface area contributed by atoms with E-state index < -0.39 is 9.84 Å². The van der Waals surface area contributed by atoms with E-state index in [9.17, 15) is 18.0 Å². The smallest absolute Gasteiger partial charge is 0.239 e. The number of nitrogens with one attached hydrogen (secondary N) is 2. The van der Waals surface area contributed by atoms with E-state index in [2.05, 4.69) is 10.6 Å². The molecule has 8 heteroatoms. The summed E-state index contributed by atoms with van der Waals surface area (Å²) in [4.78, 5) is 26.2. The van der Waals surface area contributed by atoms with Gasteiger partial charge in [-0.1, -0.05) is 30.3 Å². The van der Waals surface area contributed by atoms with Gasteiger partial charge in [0.25, 0.3) is 0 Å². The lowest BCUT2D eigenvalue weighted by Gasteiger charge is -2.29. The van der Waals surface area contributed by atoms with Crippen LogP contribution in [0.5, 0.6) is 0 Å². The average molecular weight is 379 g/mol. The van der Waals surface area contributed by atoms with E-state index in [1.807, 2.05) is 30.3 Å².